The van der Waals surface area contributed by atoms with E-state index >= 15 is 0 Å². The number of alkyl halides is 6. The number of rotatable bonds is 1. The van der Waals surface area contributed by atoms with Crippen molar-refractivity contribution in [2.24, 2.45) is 0 Å². The Morgan fingerprint density at radius 1 is 1.00 bits per heavy atom. The fraction of sp³-hybridized carbons (Fsp3) is 0.250. The van der Waals surface area contributed by atoms with Crippen molar-refractivity contribution >= 4 is 42.3 Å². The molecule has 0 bridgehead atoms. The minimum absolute atomic E-state index is 0.163. The highest BCUT2D eigenvalue weighted by Gasteiger charge is 2.47. The number of benzene rings is 1. The molecule has 0 N–H and O–H groups in total. The molecule has 0 radical (unpaired) electrons. The van der Waals surface area contributed by atoms with E-state index in [-0.39, 0.29) is 6.07 Å². The van der Waals surface area contributed by atoms with Gasteiger partial charge in [0.25, 0.3) is 9.05 Å². The lowest BCUT2D eigenvalue weighted by Crippen LogP contribution is -2.20. The Hall–Kier alpha value is -0.230. The SMILES string of the molecule is O=S(=O)(Cl)c1c(I)ccc(C(F)(F)F)c1C(F)(F)F. The molecule has 0 aliphatic rings. The third-order valence-corrected chi connectivity index (χ3v) is 4.58. The number of hydrogen-bond acceptors (Lipinski definition) is 2. The van der Waals surface area contributed by atoms with Crippen LogP contribution >= 0.6 is 33.3 Å². The zero-order valence-electron chi connectivity index (χ0n) is 8.40. The Labute approximate surface area is 121 Å². The predicted molar refractivity (Wildman–Crippen MR) is 62.2 cm³/mol. The quantitative estimate of drug-likeness (QED) is 0.373. The zero-order valence-corrected chi connectivity index (χ0v) is 12.1. The minimum Gasteiger partial charge on any atom is -0.207 e. The summed E-state index contributed by atoms with van der Waals surface area (Å²) in [7, 11) is -0.188. The summed E-state index contributed by atoms with van der Waals surface area (Å²) in [4.78, 5) is -1.59. The van der Waals surface area contributed by atoms with Crippen LogP contribution in [0.1, 0.15) is 11.1 Å². The average Bonchev–Trinajstić information content (AvgIpc) is 2.11. The molecule has 0 saturated carbocycles. The Morgan fingerprint density at radius 3 is 1.79 bits per heavy atom. The standard InChI is InChI=1S/C8H2ClF6IO2S/c9-19(17,18)6-4(16)2-1-3(7(10,11)12)5(6)8(13,14)15/h1-2H. The van der Waals surface area contributed by atoms with Crippen molar-refractivity contribution in [2.45, 2.75) is 17.2 Å². The maximum atomic E-state index is 12.7. The molecule has 0 aliphatic heterocycles. The first-order chi connectivity index (χ1) is 8.26. The van der Waals surface area contributed by atoms with Crippen LogP contribution in [0, 0.1) is 3.57 Å². The largest absolute Gasteiger partial charge is 0.418 e. The first-order valence-electron chi connectivity index (χ1n) is 4.18. The van der Waals surface area contributed by atoms with Crippen LogP contribution in [0.4, 0.5) is 26.3 Å². The molecule has 108 valence electrons. The Bertz CT molecular complexity index is 607. The average molecular weight is 439 g/mol. The predicted octanol–water partition coefficient (Wildman–Crippen LogP) is 4.26. The van der Waals surface area contributed by atoms with Gasteiger partial charge in [-0.1, -0.05) is 0 Å². The second-order valence-electron chi connectivity index (χ2n) is 3.23. The summed E-state index contributed by atoms with van der Waals surface area (Å²) >= 11 is 1.17. The maximum Gasteiger partial charge on any atom is 0.418 e. The molecular formula is C8H2ClF6IO2S. The Balaban J connectivity index is 3.94. The highest BCUT2D eigenvalue weighted by molar-refractivity contribution is 14.1. The monoisotopic (exact) mass is 438 g/mol. The highest BCUT2D eigenvalue weighted by Crippen LogP contribution is 2.45. The van der Waals surface area contributed by atoms with Crippen molar-refractivity contribution < 1.29 is 34.8 Å². The fourth-order valence-electron chi connectivity index (χ4n) is 1.31. The fourth-order valence-corrected chi connectivity index (χ4v) is 4.27. The minimum atomic E-state index is -5.51. The summed E-state index contributed by atoms with van der Waals surface area (Å²) < 4.78 is 97.4. The van der Waals surface area contributed by atoms with Crippen LogP contribution < -0.4 is 0 Å². The molecule has 19 heavy (non-hydrogen) atoms. The number of halogens is 8. The molecule has 2 nitrogen and oxygen atoms in total. The molecule has 0 amide bonds. The van der Waals surface area contributed by atoms with Gasteiger partial charge in [0.15, 0.2) is 0 Å². The first-order valence-corrected chi connectivity index (χ1v) is 7.56. The molecule has 0 heterocycles. The van der Waals surface area contributed by atoms with Gasteiger partial charge in [-0.05, 0) is 34.7 Å². The van der Waals surface area contributed by atoms with E-state index in [9.17, 15) is 34.8 Å². The van der Waals surface area contributed by atoms with Crippen LogP contribution in [0.25, 0.3) is 0 Å². The van der Waals surface area contributed by atoms with Crippen molar-refractivity contribution in [3.05, 3.63) is 26.8 Å². The highest BCUT2D eigenvalue weighted by atomic mass is 127. The summed E-state index contributed by atoms with van der Waals surface area (Å²) in [5.41, 5.74) is -4.40. The van der Waals surface area contributed by atoms with Crippen molar-refractivity contribution in [3.63, 3.8) is 0 Å². The zero-order chi connectivity index (χ0) is 15.2. The van der Waals surface area contributed by atoms with E-state index < -0.39 is 41.0 Å². The van der Waals surface area contributed by atoms with E-state index in [0.717, 1.165) is 0 Å². The maximum absolute atomic E-state index is 12.7. The van der Waals surface area contributed by atoms with Gasteiger partial charge in [0.1, 0.15) is 4.90 Å². The molecule has 0 aromatic heterocycles. The molecule has 11 heteroatoms. The smallest absolute Gasteiger partial charge is 0.207 e. The van der Waals surface area contributed by atoms with E-state index in [1.165, 1.54) is 22.6 Å². The van der Waals surface area contributed by atoms with Crippen LogP contribution in [0.5, 0.6) is 0 Å². The third-order valence-electron chi connectivity index (χ3n) is 1.94. The molecule has 0 aliphatic carbocycles. The summed E-state index contributed by atoms with van der Waals surface area (Å²) in [5.74, 6) is 0. The Morgan fingerprint density at radius 2 is 1.47 bits per heavy atom. The van der Waals surface area contributed by atoms with Crippen molar-refractivity contribution in [1.29, 1.82) is 0 Å². The molecule has 1 rings (SSSR count). The Kier molecular flexibility index (Phi) is 4.38. The van der Waals surface area contributed by atoms with Gasteiger partial charge in [-0.15, -0.1) is 0 Å². The van der Waals surface area contributed by atoms with E-state index in [4.69, 9.17) is 10.7 Å². The van der Waals surface area contributed by atoms with Gasteiger partial charge in [-0.2, -0.15) is 26.3 Å². The van der Waals surface area contributed by atoms with E-state index in [2.05, 4.69) is 0 Å². The summed E-state index contributed by atoms with van der Waals surface area (Å²) in [6.45, 7) is 0. The third kappa shape index (κ3) is 3.66. The lowest BCUT2D eigenvalue weighted by Gasteiger charge is -2.18. The van der Waals surface area contributed by atoms with Crippen LogP contribution in [-0.4, -0.2) is 8.42 Å². The molecule has 1 aromatic rings. The van der Waals surface area contributed by atoms with E-state index in [1.807, 2.05) is 0 Å². The molecule has 1 aromatic carbocycles. The normalized spacial score (nSPS) is 13.7. The van der Waals surface area contributed by atoms with Crippen LogP contribution in [0.15, 0.2) is 17.0 Å². The van der Waals surface area contributed by atoms with Gasteiger partial charge in [-0.25, -0.2) is 8.42 Å². The number of hydrogen-bond donors (Lipinski definition) is 0. The molecule has 0 unspecified atom stereocenters. The lowest BCUT2D eigenvalue weighted by atomic mass is 10.1. The first kappa shape index (κ1) is 16.8. The van der Waals surface area contributed by atoms with Crippen LogP contribution in [-0.2, 0) is 21.4 Å². The van der Waals surface area contributed by atoms with Gasteiger partial charge in [-0.3, -0.25) is 0 Å². The molecule has 0 spiro atoms. The summed E-state index contributed by atoms with van der Waals surface area (Å²) in [6.07, 6.45) is -10.9. The molecule has 0 fully saturated rings. The van der Waals surface area contributed by atoms with E-state index in [1.54, 1.807) is 0 Å². The molecule has 0 atom stereocenters. The molecular weight excluding hydrogens is 436 g/mol. The summed E-state index contributed by atoms with van der Waals surface area (Å²) in [6, 6.07) is 0.768. The van der Waals surface area contributed by atoms with Crippen LogP contribution in [0.3, 0.4) is 0 Å². The van der Waals surface area contributed by atoms with Gasteiger partial charge in [0.05, 0.1) is 11.1 Å². The molecule has 0 saturated heterocycles. The van der Waals surface area contributed by atoms with Gasteiger partial charge in [0, 0.05) is 14.3 Å². The second-order valence-corrected chi connectivity index (χ2v) is 6.90. The second kappa shape index (κ2) is 4.95. The van der Waals surface area contributed by atoms with Gasteiger partial charge in [0.2, 0.25) is 0 Å². The summed E-state index contributed by atoms with van der Waals surface area (Å²) in [5, 5.41) is 0. The van der Waals surface area contributed by atoms with Gasteiger partial charge >= 0.3 is 12.4 Å². The lowest BCUT2D eigenvalue weighted by molar-refractivity contribution is -0.163. The van der Waals surface area contributed by atoms with Crippen LogP contribution in [0.2, 0.25) is 0 Å². The topological polar surface area (TPSA) is 34.1 Å². The van der Waals surface area contributed by atoms with E-state index in [0.29, 0.717) is 6.07 Å². The van der Waals surface area contributed by atoms with Crippen molar-refractivity contribution in [2.75, 3.05) is 0 Å². The van der Waals surface area contributed by atoms with Crippen molar-refractivity contribution in [1.82, 2.24) is 0 Å². The van der Waals surface area contributed by atoms with Gasteiger partial charge < -0.3 is 0 Å². The van der Waals surface area contributed by atoms with Crippen molar-refractivity contribution in [3.8, 4) is 0 Å².